The van der Waals surface area contributed by atoms with Crippen LogP contribution in [0.25, 0.3) is 11.1 Å². The van der Waals surface area contributed by atoms with E-state index in [2.05, 4.69) is 10.3 Å². The van der Waals surface area contributed by atoms with E-state index < -0.39 is 0 Å². The van der Waals surface area contributed by atoms with Crippen molar-refractivity contribution in [2.45, 2.75) is 18.9 Å². The van der Waals surface area contributed by atoms with Crippen LogP contribution in [0.5, 0.6) is 0 Å². The van der Waals surface area contributed by atoms with E-state index in [1.54, 1.807) is 12.3 Å². The SMILES string of the molecule is O=C(NC1CC1)c1cc2occc2[nH]1. The molecule has 1 fully saturated rings. The Balaban J connectivity index is 1.88. The van der Waals surface area contributed by atoms with Crippen LogP contribution in [0.15, 0.2) is 22.8 Å². The van der Waals surface area contributed by atoms with Crippen molar-refractivity contribution in [1.82, 2.24) is 10.3 Å². The highest BCUT2D eigenvalue weighted by molar-refractivity contribution is 5.97. The molecule has 2 aromatic heterocycles. The van der Waals surface area contributed by atoms with Crippen molar-refractivity contribution < 1.29 is 9.21 Å². The van der Waals surface area contributed by atoms with Crippen molar-refractivity contribution in [3.8, 4) is 0 Å². The van der Waals surface area contributed by atoms with Crippen molar-refractivity contribution in [3.05, 3.63) is 24.1 Å². The highest BCUT2D eigenvalue weighted by atomic mass is 16.3. The van der Waals surface area contributed by atoms with Crippen LogP contribution in [-0.2, 0) is 0 Å². The maximum atomic E-state index is 11.6. The van der Waals surface area contributed by atoms with Gasteiger partial charge in [0.2, 0.25) is 0 Å². The van der Waals surface area contributed by atoms with Gasteiger partial charge < -0.3 is 14.7 Å². The number of rotatable bonds is 2. The summed E-state index contributed by atoms with van der Waals surface area (Å²) in [7, 11) is 0. The average Bonchev–Trinajstić information content (AvgIpc) is 2.73. The first kappa shape index (κ1) is 7.67. The van der Waals surface area contributed by atoms with E-state index in [4.69, 9.17) is 4.42 Å². The fraction of sp³-hybridized carbons (Fsp3) is 0.300. The van der Waals surface area contributed by atoms with Crippen molar-refractivity contribution in [3.63, 3.8) is 0 Å². The first-order valence-corrected chi connectivity index (χ1v) is 4.70. The highest BCUT2D eigenvalue weighted by Crippen LogP contribution is 2.20. The predicted octanol–water partition coefficient (Wildman–Crippen LogP) is 1.65. The molecule has 0 aliphatic heterocycles. The van der Waals surface area contributed by atoms with E-state index >= 15 is 0 Å². The zero-order valence-electron chi connectivity index (χ0n) is 7.54. The summed E-state index contributed by atoms with van der Waals surface area (Å²) in [4.78, 5) is 14.6. The van der Waals surface area contributed by atoms with E-state index in [0.717, 1.165) is 23.9 Å². The Kier molecular flexibility index (Phi) is 1.45. The molecule has 0 atom stereocenters. The van der Waals surface area contributed by atoms with Gasteiger partial charge in [-0.25, -0.2) is 0 Å². The zero-order chi connectivity index (χ0) is 9.54. The largest absolute Gasteiger partial charge is 0.463 e. The van der Waals surface area contributed by atoms with Crippen LogP contribution < -0.4 is 5.32 Å². The van der Waals surface area contributed by atoms with Gasteiger partial charge in [-0.15, -0.1) is 0 Å². The summed E-state index contributed by atoms with van der Waals surface area (Å²) < 4.78 is 5.16. The number of hydrogen-bond acceptors (Lipinski definition) is 2. The molecule has 14 heavy (non-hydrogen) atoms. The smallest absolute Gasteiger partial charge is 0.268 e. The third-order valence-electron chi connectivity index (χ3n) is 2.40. The third kappa shape index (κ3) is 1.19. The third-order valence-corrected chi connectivity index (χ3v) is 2.40. The number of amides is 1. The number of aromatic nitrogens is 1. The molecule has 1 amide bonds. The molecule has 0 saturated heterocycles. The van der Waals surface area contributed by atoms with Crippen LogP contribution in [0.1, 0.15) is 23.3 Å². The first-order chi connectivity index (χ1) is 6.83. The van der Waals surface area contributed by atoms with Gasteiger partial charge in [0.1, 0.15) is 5.69 Å². The number of carbonyl (C=O) groups excluding carboxylic acids is 1. The summed E-state index contributed by atoms with van der Waals surface area (Å²) in [6.45, 7) is 0. The quantitative estimate of drug-likeness (QED) is 0.756. The van der Waals surface area contributed by atoms with Crippen molar-refractivity contribution in [1.29, 1.82) is 0 Å². The molecule has 1 aliphatic carbocycles. The van der Waals surface area contributed by atoms with Gasteiger partial charge in [0.25, 0.3) is 5.91 Å². The lowest BCUT2D eigenvalue weighted by molar-refractivity contribution is 0.0947. The Labute approximate surface area is 80.3 Å². The molecule has 72 valence electrons. The van der Waals surface area contributed by atoms with Crippen LogP contribution in [0.2, 0.25) is 0 Å². The number of nitrogens with one attached hydrogen (secondary N) is 2. The van der Waals surface area contributed by atoms with Gasteiger partial charge in [0.15, 0.2) is 5.58 Å². The van der Waals surface area contributed by atoms with Crippen LogP contribution in [-0.4, -0.2) is 16.9 Å². The number of hydrogen-bond donors (Lipinski definition) is 2. The second-order valence-electron chi connectivity index (χ2n) is 3.63. The maximum Gasteiger partial charge on any atom is 0.268 e. The number of aromatic amines is 1. The normalized spacial score (nSPS) is 16.0. The molecular weight excluding hydrogens is 180 g/mol. The minimum absolute atomic E-state index is 0.0427. The minimum Gasteiger partial charge on any atom is -0.463 e. The number of carbonyl (C=O) groups is 1. The van der Waals surface area contributed by atoms with E-state index in [0.29, 0.717) is 11.7 Å². The van der Waals surface area contributed by atoms with Gasteiger partial charge in [-0.2, -0.15) is 0 Å². The van der Waals surface area contributed by atoms with Crippen molar-refractivity contribution in [2.75, 3.05) is 0 Å². The molecule has 0 bridgehead atoms. The molecule has 2 heterocycles. The van der Waals surface area contributed by atoms with Gasteiger partial charge in [0, 0.05) is 18.2 Å². The number of fused-ring (bicyclic) bond motifs is 1. The Morgan fingerprint density at radius 1 is 1.57 bits per heavy atom. The van der Waals surface area contributed by atoms with Gasteiger partial charge >= 0.3 is 0 Å². The summed E-state index contributed by atoms with van der Waals surface area (Å²) >= 11 is 0. The molecule has 0 spiro atoms. The van der Waals surface area contributed by atoms with Gasteiger partial charge in [-0.3, -0.25) is 4.79 Å². The molecule has 0 radical (unpaired) electrons. The second-order valence-corrected chi connectivity index (χ2v) is 3.63. The van der Waals surface area contributed by atoms with E-state index in [1.165, 1.54) is 0 Å². The molecule has 0 aromatic carbocycles. The summed E-state index contributed by atoms with van der Waals surface area (Å²) in [5, 5.41) is 2.91. The summed E-state index contributed by atoms with van der Waals surface area (Å²) in [5.74, 6) is -0.0427. The first-order valence-electron chi connectivity index (χ1n) is 4.70. The molecule has 4 heteroatoms. The zero-order valence-corrected chi connectivity index (χ0v) is 7.54. The van der Waals surface area contributed by atoms with Gasteiger partial charge in [-0.1, -0.05) is 0 Å². The lowest BCUT2D eigenvalue weighted by Gasteiger charge is -1.98. The molecule has 3 rings (SSSR count). The lowest BCUT2D eigenvalue weighted by Crippen LogP contribution is -2.25. The molecule has 2 aromatic rings. The summed E-state index contributed by atoms with van der Waals surface area (Å²) in [5.41, 5.74) is 2.17. The Bertz CT molecular complexity index is 450. The fourth-order valence-corrected chi connectivity index (χ4v) is 1.46. The van der Waals surface area contributed by atoms with Crippen LogP contribution in [0.4, 0.5) is 0 Å². The summed E-state index contributed by atoms with van der Waals surface area (Å²) in [6, 6.07) is 3.92. The Morgan fingerprint density at radius 2 is 2.43 bits per heavy atom. The standard InChI is InChI=1S/C10H10N2O2/c13-10(11-6-1-2-6)8-5-9-7(12-8)3-4-14-9/h3-6,12H,1-2H2,(H,11,13). The Morgan fingerprint density at radius 3 is 3.14 bits per heavy atom. The maximum absolute atomic E-state index is 11.6. The monoisotopic (exact) mass is 190 g/mol. The van der Waals surface area contributed by atoms with Gasteiger partial charge in [0.05, 0.1) is 11.8 Å². The topological polar surface area (TPSA) is 58.0 Å². The number of furan rings is 1. The fourth-order valence-electron chi connectivity index (χ4n) is 1.46. The number of H-pyrrole nitrogens is 1. The lowest BCUT2D eigenvalue weighted by atomic mass is 10.4. The van der Waals surface area contributed by atoms with Crippen molar-refractivity contribution in [2.24, 2.45) is 0 Å². The van der Waals surface area contributed by atoms with Crippen molar-refractivity contribution >= 4 is 17.0 Å². The van der Waals surface area contributed by atoms with Crippen LogP contribution >= 0.6 is 0 Å². The highest BCUT2D eigenvalue weighted by Gasteiger charge is 2.24. The molecule has 2 N–H and O–H groups in total. The molecule has 4 nitrogen and oxygen atoms in total. The van der Waals surface area contributed by atoms with Gasteiger partial charge in [-0.05, 0) is 12.8 Å². The molecule has 1 saturated carbocycles. The summed E-state index contributed by atoms with van der Waals surface area (Å²) in [6.07, 6.45) is 3.80. The van der Waals surface area contributed by atoms with E-state index in [1.807, 2.05) is 6.07 Å². The minimum atomic E-state index is -0.0427. The van der Waals surface area contributed by atoms with E-state index in [-0.39, 0.29) is 5.91 Å². The molecular formula is C10H10N2O2. The van der Waals surface area contributed by atoms with Crippen LogP contribution in [0, 0.1) is 0 Å². The predicted molar refractivity (Wildman–Crippen MR) is 51.1 cm³/mol. The van der Waals surface area contributed by atoms with Crippen LogP contribution in [0.3, 0.4) is 0 Å². The molecule has 0 unspecified atom stereocenters. The second kappa shape index (κ2) is 2.64. The average molecular weight is 190 g/mol. The molecule has 1 aliphatic rings. The Hall–Kier alpha value is -1.71. The van der Waals surface area contributed by atoms with E-state index in [9.17, 15) is 4.79 Å².